The molecule has 0 aliphatic rings. The molecule has 6 heteroatoms. The van der Waals surface area contributed by atoms with Crippen molar-refractivity contribution in [2.45, 2.75) is 13.8 Å². The Morgan fingerprint density at radius 3 is 2.78 bits per heavy atom. The molecule has 18 heavy (non-hydrogen) atoms. The summed E-state index contributed by atoms with van der Waals surface area (Å²) in [6.07, 6.45) is 0. The lowest BCUT2D eigenvalue weighted by molar-refractivity contribution is 0.101. The molecule has 0 unspecified atom stereocenters. The smallest absolute Gasteiger partial charge is 0.336 e. The van der Waals surface area contributed by atoms with Crippen molar-refractivity contribution >= 4 is 29.2 Å². The Balaban J connectivity index is 2.89. The molecule has 0 aliphatic carbocycles. The summed E-state index contributed by atoms with van der Waals surface area (Å²) in [5.41, 5.74) is 0.313. The monoisotopic (exact) mass is 268 g/mol. The zero-order chi connectivity index (χ0) is 13.3. The molecule has 0 bridgehead atoms. The zero-order valence-corrected chi connectivity index (χ0v) is 10.5. The number of benzene rings is 1. The van der Waals surface area contributed by atoms with Crippen molar-refractivity contribution in [3.63, 3.8) is 0 Å². The maximum absolute atomic E-state index is 12.2. The molecular formula is C12H9FO4S. The SMILES string of the molecule is CC(=O)c1c(OSF)ccc2c(C)cc(=O)oc12. The van der Waals surface area contributed by atoms with Crippen LogP contribution in [0.2, 0.25) is 0 Å². The standard InChI is InChI=1S/C12H9FO4S/c1-6-5-10(15)16-12-8(6)3-4-9(17-18-13)11(12)7(2)14/h3-5H,1-2H3. The second-order valence-electron chi connectivity index (χ2n) is 3.77. The molecule has 0 N–H and O–H groups in total. The van der Waals surface area contributed by atoms with E-state index in [1.807, 2.05) is 0 Å². The van der Waals surface area contributed by atoms with Crippen molar-refractivity contribution in [3.8, 4) is 5.75 Å². The van der Waals surface area contributed by atoms with Gasteiger partial charge in [-0.05, 0) is 31.5 Å². The molecule has 1 aromatic heterocycles. The zero-order valence-electron chi connectivity index (χ0n) is 9.65. The normalized spacial score (nSPS) is 10.6. The minimum Gasteiger partial charge on any atom is -0.422 e. The van der Waals surface area contributed by atoms with Crippen LogP contribution < -0.4 is 9.81 Å². The predicted octanol–water partition coefficient (Wildman–Crippen LogP) is 3.22. The van der Waals surface area contributed by atoms with Crippen LogP contribution >= 0.6 is 12.4 Å². The third kappa shape index (κ3) is 2.11. The highest BCUT2D eigenvalue weighted by molar-refractivity contribution is 7.89. The molecule has 0 amide bonds. The number of hydrogen-bond donors (Lipinski definition) is 0. The van der Waals surface area contributed by atoms with Crippen molar-refractivity contribution in [1.82, 2.24) is 0 Å². The van der Waals surface area contributed by atoms with E-state index < -0.39 is 5.63 Å². The van der Waals surface area contributed by atoms with Crippen molar-refractivity contribution < 1.29 is 17.3 Å². The topological polar surface area (TPSA) is 56.5 Å². The van der Waals surface area contributed by atoms with Gasteiger partial charge in [-0.15, -0.1) is 3.89 Å². The lowest BCUT2D eigenvalue weighted by Crippen LogP contribution is -2.03. The first-order valence-electron chi connectivity index (χ1n) is 5.08. The molecule has 0 fully saturated rings. The van der Waals surface area contributed by atoms with Crippen LogP contribution in [0.1, 0.15) is 22.8 Å². The van der Waals surface area contributed by atoms with Gasteiger partial charge in [-0.1, -0.05) is 0 Å². The molecule has 2 aromatic rings. The minimum atomic E-state index is -0.562. The minimum absolute atomic E-state index is 0.0382. The van der Waals surface area contributed by atoms with E-state index in [-0.39, 0.29) is 35.1 Å². The summed E-state index contributed by atoms with van der Waals surface area (Å²) in [7, 11) is 0. The molecule has 2 rings (SSSR count). The average Bonchev–Trinajstić information content (AvgIpc) is 2.27. The van der Waals surface area contributed by atoms with Crippen LogP contribution in [0.3, 0.4) is 0 Å². The highest BCUT2D eigenvalue weighted by atomic mass is 32.2. The highest BCUT2D eigenvalue weighted by Gasteiger charge is 2.17. The van der Waals surface area contributed by atoms with Crippen molar-refractivity contribution in [2.75, 3.05) is 0 Å². The van der Waals surface area contributed by atoms with E-state index in [4.69, 9.17) is 4.42 Å². The summed E-state index contributed by atoms with van der Waals surface area (Å²) in [4.78, 5) is 23.0. The van der Waals surface area contributed by atoms with Gasteiger partial charge in [-0.25, -0.2) is 4.79 Å². The quantitative estimate of drug-likeness (QED) is 0.486. The van der Waals surface area contributed by atoms with E-state index in [0.717, 1.165) is 0 Å². The number of rotatable bonds is 3. The molecule has 0 atom stereocenters. The third-order valence-electron chi connectivity index (χ3n) is 2.55. The molecule has 1 aromatic carbocycles. The molecule has 0 aliphatic heterocycles. The van der Waals surface area contributed by atoms with Gasteiger partial charge < -0.3 is 8.60 Å². The van der Waals surface area contributed by atoms with Gasteiger partial charge in [-0.2, -0.15) is 0 Å². The molecule has 0 spiro atoms. The maximum Gasteiger partial charge on any atom is 0.336 e. The van der Waals surface area contributed by atoms with Gasteiger partial charge in [0.15, 0.2) is 17.1 Å². The second kappa shape index (κ2) is 4.81. The number of carbonyl (C=O) groups is 1. The summed E-state index contributed by atoms with van der Waals surface area (Å²) in [6, 6.07) is 4.42. The summed E-state index contributed by atoms with van der Waals surface area (Å²) in [5.74, 6) is -0.324. The van der Waals surface area contributed by atoms with Crippen molar-refractivity contribution in [3.05, 3.63) is 39.7 Å². The van der Waals surface area contributed by atoms with Crippen LogP contribution in [0, 0.1) is 6.92 Å². The molecule has 0 saturated carbocycles. The summed E-state index contributed by atoms with van der Waals surface area (Å²) < 4.78 is 21.9. The number of carbonyl (C=O) groups excluding carboxylic acids is 1. The fraction of sp³-hybridized carbons (Fsp3) is 0.167. The van der Waals surface area contributed by atoms with Crippen LogP contribution in [0.15, 0.2) is 27.4 Å². The van der Waals surface area contributed by atoms with Gasteiger partial charge in [0.25, 0.3) is 12.4 Å². The Morgan fingerprint density at radius 1 is 1.44 bits per heavy atom. The number of halogens is 1. The van der Waals surface area contributed by atoms with E-state index in [0.29, 0.717) is 10.9 Å². The van der Waals surface area contributed by atoms with Crippen LogP contribution in [0.4, 0.5) is 3.89 Å². The van der Waals surface area contributed by atoms with E-state index in [2.05, 4.69) is 4.18 Å². The molecular weight excluding hydrogens is 259 g/mol. The van der Waals surface area contributed by atoms with Gasteiger partial charge in [0.1, 0.15) is 5.56 Å². The van der Waals surface area contributed by atoms with Crippen LogP contribution in [-0.4, -0.2) is 5.78 Å². The lowest BCUT2D eigenvalue weighted by atomic mass is 10.0. The van der Waals surface area contributed by atoms with Gasteiger partial charge in [0.2, 0.25) is 0 Å². The van der Waals surface area contributed by atoms with Crippen LogP contribution in [-0.2, 0) is 0 Å². The maximum atomic E-state index is 12.2. The Labute approximate surface area is 106 Å². The number of aryl methyl sites for hydroxylation is 1. The highest BCUT2D eigenvalue weighted by Crippen LogP contribution is 2.31. The summed E-state index contributed by atoms with van der Waals surface area (Å²) in [5, 5.41) is 0.621. The summed E-state index contributed by atoms with van der Waals surface area (Å²) in [6.45, 7) is 3.03. The first kappa shape index (κ1) is 12.6. The molecule has 0 radical (unpaired) electrons. The fourth-order valence-corrected chi connectivity index (χ4v) is 2.01. The van der Waals surface area contributed by atoms with Gasteiger partial charge >= 0.3 is 5.63 Å². The van der Waals surface area contributed by atoms with E-state index in [9.17, 15) is 13.5 Å². The predicted molar refractivity (Wildman–Crippen MR) is 66.6 cm³/mol. The number of hydrogen-bond acceptors (Lipinski definition) is 5. The largest absolute Gasteiger partial charge is 0.422 e. The van der Waals surface area contributed by atoms with E-state index in [1.165, 1.54) is 19.1 Å². The van der Waals surface area contributed by atoms with E-state index in [1.54, 1.807) is 13.0 Å². The third-order valence-corrected chi connectivity index (χ3v) is 2.80. The average molecular weight is 268 g/mol. The van der Waals surface area contributed by atoms with Crippen LogP contribution in [0.25, 0.3) is 11.0 Å². The molecule has 1 heterocycles. The van der Waals surface area contributed by atoms with Gasteiger partial charge in [-0.3, -0.25) is 4.79 Å². The second-order valence-corrected chi connectivity index (χ2v) is 4.06. The molecule has 94 valence electrons. The first-order valence-corrected chi connectivity index (χ1v) is 5.72. The number of Topliss-reactive ketones (excluding diaryl/α,β-unsaturated/α-hetero) is 1. The van der Waals surface area contributed by atoms with Crippen molar-refractivity contribution in [1.29, 1.82) is 0 Å². The van der Waals surface area contributed by atoms with Gasteiger partial charge in [0, 0.05) is 11.5 Å². The van der Waals surface area contributed by atoms with E-state index >= 15 is 0 Å². The Morgan fingerprint density at radius 2 is 2.17 bits per heavy atom. The molecule has 0 saturated heterocycles. The first-order chi connectivity index (χ1) is 8.54. The number of ketones is 1. The van der Waals surface area contributed by atoms with Gasteiger partial charge in [0.05, 0.1) is 0 Å². The Hall–Kier alpha value is -1.82. The Kier molecular flexibility index (Phi) is 3.38. The fourth-order valence-electron chi connectivity index (χ4n) is 1.80. The Bertz CT molecular complexity index is 678. The summed E-state index contributed by atoms with van der Waals surface area (Å²) >= 11 is -0.369. The van der Waals surface area contributed by atoms with Crippen molar-refractivity contribution in [2.24, 2.45) is 0 Å². The molecule has 4 nitrogen and oxygen atoms in total. The number of fused-ring (bicyclic) bond motifs is 1. The van der Waals surface area contributed by atoms with Crippen LogP contribution in [0.5, 0.6) is 5.75 Å². The lowest BCUT2D eigenvalue weighted by Gasteiger charge is -2.08.